The van der Waals surface area contributed by atoms with E-state index in [1.165, 1.54) is 13.0 Å². The fraction of sp³-hybridized carbons (Fsp3) is 0.545. The van der Waals surface area contributed by atoms with Gasteiger partial charge in [0.2, 0.25) is 0 Å². The van der Waals surface area contributed by atoms with Gasteiger partial charge in [0.15, 0.2) is 10.7 Å². The van der Waals surface area contributed by atoms with Crippen molar-refractivity contribution in [3.05, 3.63) is 35.2 Å². The highest BCUT2D eigenvalue weighted by atomic mass is 32.2. The third-order valence-electron chi connectivity index (χ3n) is 5.70. The lowest BCUT2D eigenvalue weighted by molar-refractivity contribution is 0.0363. The van der Waals surface area contributed by atoms with Gasteiger partial charge in [-0.2, -0.15) is 0 Å². The predicted octanol–water partition coefficient (Wildman–Crippen LogP) is 1.87. The minimum Gasteiger partial charge on any atom is -0.488 e. The zero-order valence-electron chi connectivity index (χ0n) is 19.8. The molecule has 1 aliphatic rings. The second-order valence-electron chi connectivity index (χ2n) is 8.85. The van der Waals surface area contributed by atoms with Crippen molar-refractivity contribution in [3.8, 4) is 5.75 Å². The van der Waals surface area contributed by atoms with Gasteiger partial charge < -0.3 is 24.2 Å². The van der Waals surface area contributed by atoms with Crippen LogP contribution in [-0.4, -0.2) is 80.3 Å². The van der Waals surface area contributed by atoms with Crippen LogP contribution in [0.2, 0.25) is 0 Å². The molecule has 0 bridgehead atoms. The molecule has 2 heterocycles. The first kappa shape index (κ1) is 25.0. The van der Waals surface area contributed by atoms with Crippen LogP contribution in [0.15, 0.2) is 27.6 Å². The van der Waals surface area contributed by atoms with Crippen LogP contribution in [0, 0.1) is 19.8 Å². The molecule has 0 radical (unpaired) electrons. The van der Waals surface area contributed by atoms with Gasteiger partial charge in [0, 0.05) is 24.7 Å². The summed E-state index contributed by atoms with van der Waals surface area (Å²) in [6.07, 6.45) is -0.204. The number of ether oxygens (including phenoxy) is 1. The van der Waals surface area contributed by atoms with E-state index in [0.29, 0.717) is 18.8 Å². The first-order chi connectivity index (χ1) is 15.4. The molecule has 11 heteroatoms. The molecule has 0 unspecified atom stereocenters. The maximum Gasteiger partial charge on any atom is 0.267 e. The van der Waals surface area contributed by atoms with Gasteiger partial charge in [0.05, 0.1) is 18.2 Å². The van der Waals surface area contributed by atoms with E-state index >= 15 is 0 Å². The summed E-state index contributed by atoms with van der Waals surface area (Å²) in [6.45, 7) is 7.69. The number of anilines is 1. The molecule has 0 fully saturated rings. The van der Waals surface area contributed by atoms with E-state index in [4.69, 9.17) is 9.26 Å². The van der Waals surface area contributed by atoms with Crippen molar-refractivity contribution in [1.29, 1.82) is 0 Å². The van der Waals surface area contributed by atoms with Crippen LogP contribution >= 0.6 is 0 Å². The van der Waals surface area contributed by atoms with Crippen LogP contribution in [-0.2, 0) is 10.0 Å². The number of nitrogens with zero attached hydrogens (tertiary/aromatic N) is 3. The Labute approximate surface area is 194 Å². The standard InChI is InChI=1S/C22H32N4O6S/c1-13-10-26(14(2)12-27)22(28)18-9-17(7-8-19(18)31-20(13)11-25(5)6)24-33(29,30)21-15(3)23-32-16(21)4/h7-9,13-14,20,24,27H,10-12H2,1-6H3/t13-,14+,20-/m0/s1. The molecule has 1 amide bonds. The van der Waals surface area contributed by atoms with Gasteiger partial charge in [0.1, 0.15) is 17.5 Å². The summed E-state index contributed by atoms with van der Waals surface area (Å²) >= 11 is 0. The number of rotatable bonds is 7. The molecule has 1 aromatic heterocycles. The molecule has 0 aliphatic carbocycles. The van der Waals surface area contributed by atoms with E-state index in [1.54, 1.807) is 30.9 Å². The number of sulfonamides is 1. The molecule has 3 atom stereocenters. The fourth-order valence-corrected chi connectivity index (χ4v) is 5.31. The van der Waals surface area contributed by atoms with E-state index in [2.05, 4.69) is 9.88 Å². The number of aliphatic hydroxyl groups is 1. The van der Waals surface area contributed by atoms with Crippen LogP contribution in [0.5, 0.6) is 5.75 Å². The van der Waals surface area contributed by atoms with E-state index in [9.17, 15) is 18.3 Å². The molecule has 2 aromatic rings. The second-order valence-corrected chi connectivity index (χ2v) is 10.5. The van der Waals surface area contributed by atoms with Gasteiger partial charge in [-0.15, -0.1) is 0 Å². The number of aromatic nitrogens is 1. The summed E-state index contributed by atoms with van der Waals surface area (Å²) in [7, 11) is -0.0882. The third-order valence-corrected chi connectivity index (χ3v) is 7.32. The minimum atomic E-state index is -3.98. The summed E-state index contributed by atoms with van der Waals surface area (Å²) in [5, 5.41) is 13.4. The number of carbonyl (C=O) groups is 1. The summed E-state index contributed by atoms with van der Waals surface area (Å²) in [5.74, 6) is 0.222. The van der Waals surface area contributed by atoms with E-state index < -0.39 is 16.1 Å². The Morgan fingerprint density at radius 3 is 2.61 bits per heavy atom. The Morgan fingerprint density at radius 2 is 2.03 bits per heavy atom. The Hall–Kier alpha value is -2.63. The number of likely N-dealkylation sites (N-methyl/N-ethyl adjacent to an activating group) is 1. The number of aliphatic hydroxyl groups excluding tert-OH is 1. The van der Waals surface area contributed by atoms with Crippen molar-refractivity contribution in [1.82, 2.24) is 15.0 Å². The van der Waals surface area contributed by atoms with Crippen molar-refractivity contribution in [3.63, 3.8) is 0 Å². The molecule has 0 saturated heterocycles. The quantitative estimate of drug-likeness (QED) is 0.615. The molecule has 3 rings (SSSR count). The number of amides is 1. The maximum absolute atomic E-state index is 13.4. The Bertz CT molecular complexity index is 1090. The van der Waals surface area contributed by atoms with Crippen molar-refractivity contribution >= 4 is 21.6 Å². The maximum atomic E-state index is 13.4. The van der Waals surface area contributed by atoms with Gasteiger partial charge in [-0.05, 0) is 53.1 Å². The van der Waals surface area contributed by atoms with E-state index in [-0.39, 0.29) is 52.1 Å². The van der Waals surface area contributed by atoms with Crippen LogP contribution in [0.3, 0.4) is 0 Å². The smallest absolute Gasteiger partial charge is 0.267 e. The van der Waals surface area contributed by atoms with Crippen molar-refractivity contribution in [2.24, 2.45) is 5.92 Å². The van der Waals surface area contributed by atoms with Crippen molar-refractivity contribution < 1.29 is 27.6 Å². The van der Waals surface area contributed by atoms with Gasteiger partial charge in [-0.25, -0.2) is 8.42 Å². The van der Waals surface area contributed by atoms with Gasteiger partial charge >= 0.3 is 0 Å². The Kier molecular flexibility index (Phi) is 7.35. The fourth-order valence-electron chi connectivity index (χ4n) is 3.93. The Morgan fingerprint density at radius 1 is 1.33 bits per heavy atom. The van der Waals surface area contributed by atoms with Gasteiger partial charge in [-0.1, -0.05) is 12.1 Å². The molecule has 0 spiro atoms. The van der Waals surface area contributed by atoms with E-state index in [0.717, 1.165) is 0 Å². The van der Waals surface area contributed by atoms with E-state index in [1.807, 2.05) is 25.9 Å². The average Bonchev–Trinajstić information content (AvgIpc) is 3.08. The monoisotopic (exact) mass is 480 g/mol. The second kappa shape index (κ2) is 9.70. The number of carbonyl (C=O) groups excluding carboxylic acids is 1. The third kappa shape index (κ3) is 5.31. The first-order valence-corrected chi connectivity index (χ1v) is 12.3. The summed E-state index contributed by atoms with van der Waals surface area (Å²) < 4.78 is 39.6. The molecular formula is C22H32N4O6S. The normalized spacial score (nSPS) is 20.1. The molecule has 182 valence electrons. The highest BCUT2D eigenvalue weighted by Crippen LogP contribution is 2.32. The lowest BCUT2D eigenvalue weighted by Gasteiger charge is -2.37. The van der Waals surface area contributed by atoms with Crippen LogP contribution in [0.4, 0.5) is 5.69 Å². The SMILES string of the molecule is Cc1noc(C)c1S(=O)(=O)Nc1ccc2c(c1)C(=O)N([C@H](C)CO)C[C@H](C)[C@H](CN(C)C)O2. The minimum absolute atomic E-state index is 0.0104. The van der Waals surface area contributed by atoms with Gasteiger partial charge in [0.25, 0.3) is 15.9 Å². The summed E-state index contributed by atoms with van der Waals surface area (Å²) in [4.78, 5) is 17.0. The number of fused-ring (bicyclic) bond motifs is 1. The number of hydrogen-bond donors (Lipinski definition) is 2. The lowest BCUT2D eigenvalue weighted by atomic mass is 9.99. The molecule has 0 saturated carbocycles. The number of benzene rings is 1. The van der Waals surface area contributed by atoms with Crippen molar-refractivity contribution in [2.75, 3.05) is 38.5 Å². The predicted molar refractivity (Wildman–Crippen MR) is 123 cm³/mol. The molecule has 1 aromatic carbocycles. The Balaban J connectivity index is 2.03. The topological polar surface area (TPSA) is 125 Å². The highest BCUT2D eigenvalue weighted by molar-refractivity contribution is 7.92. The summed E-state index contributed by atoms with van der Waals surface area (Å²) in [5.41, 5.74) is 0.680. The van der Waals surface area contributed by atoms with Crippen LogP contribution in [0.25, 0.3) is 0 Å². The van der Waals surface area contributed by atoms with Crippen LogP contribution in [0.1, 0.15) is 35.7 Å². The first-order valence-electron chi connectivity index (χ1n) is 10.8. The lowest BCUT2D eigenvalue weighted by Crippen LogP contribution is -2.49. The van der Waals surface area contributed by atoms with Crippen LogP contribution < -0.4 is 9.46 Å². The molecular weight excluding hydrogens is 448 g/mol. The van der Waals surface area contributed by atoms with Crippen molar-refractivity contribution in [2.45, 2.75) is 44.7 Å². The number of aryl methyl sites for hydroxylation is 2. The van der Waals surface area contributed by atoms with Gasteiger partial charge in [-0.3, -0.25) is 9.52 Å². The molecule has 33 heavy (non-hydrogen) atoms. The zero-order chi connectivity index (χ0) is 24.5. The number of nitrogens with one attached hydrogen (secondary N) is 1. The summed E-state index contributed by atoms with van der Waals surface area (Å²) in [6, 6.07) is 4.21. The average molecular weight is 481 g/mol. The number of hydrogen-bond acceptors (Lipinski definition) is 8. The zero-order valence-corrected chi connectivity index (χ0v) is 20.6. The highest BCUT2D eigenvalue weighted by Gasteiger charge is 2.33. The largest absolute Gasteiger partial charge is 0.488 e. The molecule has 1 aliphatic heterocycles. The molecule has 2 N–H and O–H groups in total. The molecule has 10 nitrogen and oxygen atoms in total.